The average Bonchev–Trinajstić information content (AvgIpc) is 3.90. The van der Waals surface area contributed by atoms with Crippen molar-refractivity contribution < 1.29 is 0 Å². The maximum Gasteiger partial charge on any atom is 0.0433 e. The van der Waals surface area contributed by atoms with Crippen LogP contribution >= 0.6 is 11.3 Å². The van der Waals surface area contributed by atoms with Crippen LogP contribution in [0.15, 0.2) is 237 Å². The molecule has 0 amide bonds. The third-order valence-electron chi connectivity index (χ3n) is 15.2. The summed E-state index contributed by atoms with van der Waals surface area (Å²) in [6.45, 7) is 4.82. The van der Waals surface area contributed by atoms with Gasteiger partial charge in [-0.1, -0.05) is 232 Å². The van der Waals surface area contributed by atoms with Gasteiger partial charge in [-0.3, -0.25) is 0 Å². The molecule has 1 aliphatic rings. The van der Waals surface area contributed by atoms with Crippen molar-refractivity contribution in [3.05, 3.63) is 264 Å². The van der Waals surface area contributed by atoms with E-state index in [9.17, 15) is 0 Å². The first-order valence-electron chi connectivity index (χ1n) is 24.4. The first kappa shape index (κ1) is 41.4. The van der Waals surface area contributed by atoms with Gasteiger partial charge in [0.2, 0.25) is 0 Å². The Balaban J connectivity index is 0.817. The van der Waals surface area contributed by atoms with Gasteiger partial charge in [0.05, 0.1) is 0 Å². The number of benzene rings is 11. The molecule has 1 aliphatic carbocycles. The van der Waals surface area contributed by atoms with E-state index in [2.05, 4.69) is 250 Å². The Morgan fingerprint density at radius 2 is 0.913 bits per heavy atom. The normalized spacial score (nSPS) is 13.2. The molecule has 0 saturated carbocycles. The van der Waals surface area contributed by atoms with Gasteiger partial charge < -0.3 is 0 Å². The van der Waals surface area contributed by atoms with E-state index in [-0.39, 0.29) is 11.3 Å². The fourth-order valence-corrected chi connectivity index (χ4v) is 12.7. The van der Waals surface area contributed by atoms with Crippen molar-refractivity contribution >= 4 is 53.1 Å². The van der Waals surface area contributed by atoms with Gasteiger partial charge in [-0.05, 0) is 136 Å². The first-order chi connectivity index (χ1) is 33.9. The lowest BCUT2D eigenvalue weighted by atomic mass is 9.79. The summed E-state index contributed by atoms with van der Waals surface area (Å²) in [5.74, 6) is 0.217. The molecule has 12 aromatic rings. The second kappa shape index (κ2) is 16.7. The number of fused-ring (bicyclic) bond motifs is 9. The Morgan fingerprint density at radius 1 is 0.362 bits per heavy atom. The smallest absolute Gasteiger partial charge is 0.0433 e. The summed E-state index contributed by atoms with van der Waals surface area (Å²) in [5, 5.41) is 7.84. The highest BCUT2D eigenvalue weighted by atomic mass is 32.1. The van der Waals surface area contributed by atoms with Gasteiger partial charge in [0, 0.05) is 31.5 Å². The van der Waals surface area contributed by atoms with Crippen molar-refractivity contribution in [2.75, 3.05) is 0 Å². The summed E-state index contributed by atoms with van der Waals surface area (Å²) in [7, 11) is 0. The predicted octanol–water partition coefficient (Wildman–Crippen LogP) is 19.1. The Kier molecular flexibility index (Phi) is 10.0. The lowest BCUT2D eigenvalue weighted by Crippen LogP contribution is -2.16. The van der Waals surface area contributed by atoms with E-state index >= 15 is 0 Å². The van der Waals surface area contributed by atoms with E-state index in [1.807, 2.05) is 11.3 Å². The summed E-state index contributed by atoms with van der Waals surface area (Å²) in [5.41, 5.74) is 19.6. The van der Waals surface area contributed by atoms with Crippen molar-refractivity contribution in [3.8, 4) is 55.6 Å². The molecular formula is C68H50S. The fourth-order valence-electron chi connectivity index (χ4n) is 11.5. The van der Waals surface area contributed by atoms with E-state index in [4.69, 9.17) is 0 Å². The van der Waals surface area contributed by atoms with Gasteiger partial charge in [-0.15, -0.1) is 11.3 Å². The van der Waals surface area contributed by atoms with Crippen molar-refractivity contribution in [2.24, 2.45) is 0 Å². The molecule has 0 N–H and O–H groups in total. The van der Waals surface area contributed by atoms with Gasteiger partial charge in [-0.25, -0.2) is 0 Å². The summed E-state index contributed by atoms with van der Waals surface area (Å²) in [6, 6.07) is 88.7. The molecule has 69 heavy (non-hydrogen) atoms. The van der Waals surface area contributed by atoms with Crippen molar-refractivity contribution in [1.82, 2.24) is 0 Å². The Bertz CT molecular complexity index is 3890. The van der Waals surface area contributed by atoms with Crippen LogP contribution in [-0.2, 0) is 11.8 Å². The minimum Gasteiger partial charge on any atom is -0.135 e. The number of thiophene rings is 1. The molecule has 0 aliphatic heterocycles. The van der Waals surface area contributed by atoms with Crippen molar-refractivity contribution in [1.29, 1.82) is 0 Å². The molecule has 0 radical (unpaired) electrons. The molecule has 1 aromatic heterocycles. The van der Waals surface area contributed by atoms with Crippen LogP contribution in [0.25, 0.3) is 97.4 Å². The van der Waals surface area contributed by atoms with Crippen molar-refractivity contribution in [2.45, 2.75) is 38.0 Å². The number of hydrogen-bond acceptors (Lipinski definition) is 1. The third kappa shape index (κ3) is 7.20. The molecule has 1 atom stereocenters. The standard InChI is InChI=1S/C68H50S/c1-68(2)64-42-51(45-13-4-3-5-14-45)36-39-59(64)60-40-37-53(43-65(60)68)54(48-32-34-50(35-33-48)63-41-52-15-6-7-16-55(52)57-17-8-9-18-58(57)63)38-25-44-23-26-46(27-24-44)47-28-30-49(31-29-47)56-20-12-21-62-61-19-10-11-22-66(61)69-67(56)62/h3-24,26-37,39-43,54H,25,38H2,1-2H3. The molecule has 0 spiro atoms. The molecule has 1 heterocycles. The SMILES string of the molecule is CC1(C)c2cc(-c3ccccc3)ccc2-c2ccc(C(CCc3ccc(-c4ccc(-c5cccc6c5sc5ccccc56)cc4)cc3)c3ccc(-c4cc5ccccc5c5ccccc45)cc3)cc21. The molecule has 1 unspecified atom stereocenters. The zero-order valence-electron chi connectivity index (χ0n) is 38.9. The molecular weight excluding hydrogens is 849 g/mol. The second-order valence-electron chi connectivity index (χ2n) is 19.5. The largest absolute Gasteiger partial charge is 0.135 e. The van der Waals surface area contributed by atoms with Crippen LogP contribution in [0.4, 0.5) is 0 Å². The third-order valence-corrected chi connectivity index (χ3v) is 16.4. The number of aryl methyl sites for hydroxylation is 1. The lowest BCUT2D eigenvalue weighted by molar-refractivity contribution is 0.654. The molecule has 0 nitrogen and oxygen atoms in total. The summed E-state index contributed by atoms with van der Waals surface area (Å²) in [4.78, 5) is 0. The number of rotatable bonds is 9. The van der Waals surface area contributed by atoms with Crippen LogP contribution < -0.4 is 0 Å². The summed E-state index contributed by atoms with van der Waals surface area (Å²) in [6.07, 6.45) is 1.97. The van der Waals surface area contributed by atoms with Gasteiger partial charge in [0.1, 0.15) is 0 Å². The monoisotopic (exact) mass is 898 g/mol. The zero-order chi connectivity index (χ0) is 46.1. The van der Waals surface area contributed by atoms with Gasteiger partial charge in [-0.2, -0.15) is 0 Å². The number of hydrogen-bond donors (Lipinski definition) is 0. The lowest BCUT2D eigenvalue weighted by Gasteiger charge is -2.25. The highest BCUT2D eigenvalue weighted by molar-refractivity contribution is 7.26. The van der Waals surface area contributed by atoms with Gasteiger partial charge in [0.25, 0.3) is 0 Å². The van der Waals surface area contributed by atoms with E-state index in [1.54, 1.807) is 0 Å². The Labute approximate surface area is 408 Å². The minimum absolute atomic E-state index is 0.128. The molecule has 11 aromatic carbocycles. The second-order valence-corrected chi connectivity index (χ2v) is 20.6. The van der Waals surface area contributed by atoms with Crippen LogP contribution in [0.1, 0.15) is 54.0 Å². The van der Waals surface area contributed by atoms with E-state index < -0.39 is 0 Å². The first-order valence-corrected chi connectivity index (χ1v) is 25.2. The van der Waals surface area contributed by atoms with E-state index in [1.165, 1.54) is 125 Å². The Hall–Kier alpha value is -7.84. The van der Waals surface area contributed by atoms with E-state index in [0.717, 1.165) is 12.8 Å². The molecule has 328 valence electrons. The topological polar surface area (TPSA) is 0 Å². The van der Waals surface area contributed by atoms with Crippen LogP contribution in [0.3, 0.4) is 0 Å². The summed E-state index contributed by atoms with van der Waals surface area (Å²) >= 11 is 1.89. The van der Waals surface area contributed by atoms with Crippen molar-refractivity contribution in [3.63, 3.8) is 0 Å². The molecule has 0 bridgehead atoms. The molecule has 1 heteroatoms. The van der Waals surface area contributed by atoms with Crippen LogP contribution in [-0.4, -0.2) is 0 Å². The van der Waals surface area contributed by atoms with Gasteiger partial charge in [0.15, 0.2) is 0 Å². The predicted molar refractivity (Wildman–Crippen MR) is 297 cm³/mol. The van der Waals surface area contributed by atoms with Crippen LogP contribution in [0.2, 0.25) is 0 Å². The average molecular weight is 899 g/mol. The fraction of sp³-hybridized carbons (Fsp3) is 0.0882. The molecule has 13 rings (SSSR count). The van der Waals surface area contributed by atoms with E-state index in [0.29, 0.717) is 0 Å². The van der Waals surface area contributed by atoms with Gasteiger partial charge >= 0.3 is 0 Å². The highest BCUT2D eigenvalue weighted by Gasteiger charge is 2.36. The maximum atomic E-state index is 2.54. The highest BCUT2D eigenvalue weighted by Crippen LogP contribution is 2.51. The summed E-state index contributed by atoms with van der Waals surface area (Å²) < 4.78 is 2.70. The van der Waals surface area contributed by atoms with Crippen LogP contribution in [0, 0.1) is 0 Å². The quantitative estimate of drug-likeness (QED) is 0.127. The minimum atomic E-state index is -0.128. The zero-order valence-corrected chi connectivity index (χ0v) is 39.7. The molecule has 0 fully saturated rings. The van der Waals surface area contributed by atoms with Crippen LogP contribution in [0.5, 0.6) is 0 Å². The maximum absolute atomic E-state index is 2.54. The Morgan fingerprint density at radius 3 is 1.70 bits per heavy atom. The molecule has 0 saturated heterocycles.